The molecule has 1 fully saturated rings. The van der Waals surface area contributed by atoms with Gasteiger partial charge in [-0.1, -0.05) is 0 Å². The van der Waals surface area contributed by atoms with Gasteiger partial charge in [0.2, 0.25) is 0 Å². The monoisotopic (exact) mass is 328 g/mol. The van der Waals surface area contributed by atoms with Crippen LogP contribution in [-0.2, 0) is 9.47 Å². The summed E-state index contributed by atoms with van der Waals surface area (Å²) in [6.07, 6.45) is -0.672. The smallest absolute Gasteiger partial charge is 0.412 e. The van der Waals surface area contributed by atoms with Gasteiger partial charge in [0.25, 0.3) is 0 Å². The van der Waals surface area contributed by atoms with Crippen molar-refractivity contribution in [1.82, 2.24) is 0 Å². The van der Waals surface area contributed by atoms with Gasteiger partial charge >= 0.3 is 6.09 Å². The number of rotatable bonds is 2. The average Bonchev–Trinajstić information content (AvgIpc) is 2.41. The maximum Gasteiger partial charge on any atom is 0.412 e. The molecule has 2 rings (SSSR count). The van der Waals surface area contributed by atoms with E-state index < -0.39 is 17.5 Å². The van der Waals surface area contributed by atoms with Gasteiger partial charge in [-0.05, 0) is 38.2 Å². The first-order valence-corrected chi connectivity index (χ1v) is 7.76. The van der Waals surface area contributed by atoms with Crippen LogP contribution in [0.25, 0.3) is 0 Å². The third-order valence-electron chi connectivity index (χ3n) is 3.11. The van der Waals surface area contributed by atoms with Crippen molar-refractivity contribution in [3.63, 3.8) is 0 Å². The lowest BCUT2D eigenvalue weighted by Crippen LogP contribution is -2.36. The van der Waals surface area contributed by atoms with Crippen LogP contribution in [0.1, 0.15) is 20.8 Å². The molecule has 1 aliphatic heterocycles. The molecule has 5 nitrogen and oxygen atoms in total. The number of ether oxygens (including phenoxy) is 2. The van der Waals surface area contributed by atoms with Crippen LogP contribution in [0.2, 0.25) is 0 Å². The number of nitrogens with one attached hydrogen (secondary N) is 1. The molecular formula is C15H22FN2O3P. The van der Waals surface area contributed by atoms with Crippen LogP contribution in [0.4, 0.5) is 20.6 Å². The lowest BCUT2D eigenvalue weighted by molar-refractivity contribution is 0.0635. The molecular weight excluding hydrogens is 306 g/mol. The summed E-state index contributed by atoms with van der Waals surface area (Å²) in [5, 5.41) is 3.04. The number of anilines is 2. The van der Waals surface area contributed by atoms with Gasteiger partial charge in [0.1, 0.15) is 11.4 Å². The lowest BCUT2D eigenvalue weighted by Gasteiger charge is -2.29. The zero-order valence-electron chi connectivity index (χ0n) is 13.1. The zero-order valence-corrected chi connectivity index (χ0v) is 14.3. The second kappa shape index (κ2) is 6.80. The maximum absolute atomic E-state index is 14.3. The molecule has 1 unspecified atom stereocenters. The fourth-order valence-corrected chi connectivity index (χ4v) is 2.54. The van der Waals surface area contributed by atoms with E-state index in [0.29, 0.717) is 18.5 Å². The van der Waals surface area contributed by atoms with E-state index in [1.54, 1.807) is 20.8 Å². The van der Waals surface area contributed by atoms with Gasteiger partial charge in [-0.25, -0.2) is 9.18 Å². The van der Waals surface area contributed by atoms with E-state index in [9.17, 15) is 9.18 Å². The normalized spacial score (nSPS) is 15.6. The van der Waals surface area contributed by atoms with Crippen LogP contribution >= 0.6 is 9.24 Å². The Morgan fingerprint density at radius 2 is 2.00 bits per heavy atom. The minimum absolute atomic E-state index is 0.122. The number of halogens is 1. The highest BCUT2D eigenvalue weighted by molar-refractivity contribution is 7.28. The summed E-state index contributed by atoms with van der Waals surface area (Å²) in [5.41, 5.74) is 0.270. The quantitative estimate of drug-likeness (QED) is 0.848. The average molecular weight is 328 g/mol. The highest BCUT2D eigenvalue weighted by atomic mass is 31.0. The second-order valence-corrected chi connectivity index (χ2v) is 6.74. The van der Waals surface area contributed by atoms with Gasteiger partial charge < -0.3 is 14.4 Å². The van der Waals surface area contributed by atoms with Crippen molar-refractivity contribution in [3.8, 4) is 0 Å². The van der Waals surface area contributed by atoms with Crippen molar-refractivity contribution in [2.75, 3.05) is 36.5 Å². The molecule has 0 bridgehead atoms. The predicted octanol–water partition coefficient (Wildman–Crippen LogP) is 2.51. The molecule has 1 aromatic carbocycles. The Morgan fingerprint density at radius 3 is 2.55 bits per heavy atom. The van der Waals surface area contributed by atoms with Crippen LogP contribution in [-0.4, -0.2) is 38.0 Å². The van der Waals surface area contributed by atoms with Crippen molar-refractivity contribution in [2.24, 2.45) is 0 Å². The topological polar surface area (TPSA) is 50.8 Å². The van der Waals surface area contributed by atoms with Crippen LogP contribution in [0.5, 0.6) is 0 Å². The lowest BCUT2D eigenvalue weighted by atomic mass is 10.2. The summed E-state index contributed by atoms with van der Waals surface area (Å²) in [7, 11) is 2.45. The molecule has 1 heterocycles. The van der Waals surface area contributed by atoms with Crippen molar-refractivity contribution in [1.29, 1.82) is 0 Å². The number of carbonyl (C=O) groups excluding carboxylic acids is 1. The minimum atomic E-state index is -0.672. The number of hydrogen-bond acceptors (Lipinski definition) is 4. The molecule has 0 radical (unpaired) electrons. The molecule has 122 valence electrons. The highest BCUT2D eigenvalue weighted by Crippen LogP contribution is 2.23. The molecule has 0 aromatic heterocycles. The van der Waals surface area contributed by atoms with E-state index in [2.05, 4.69) is 19.5 Å². The Bertz CT molecular complexity index is 531. The Balaban J connectivity index is 2.14. The van der Waals surface area contributed by atoms with Crippen LogP contribution in [0, 0.1) is 5.82 Å². The van der Waals surface area contributed by atoms with Crippen LogP contribution < -0.4 is 15.5 Å². The van der Waals surface area contributed by atoms with Crippen molar-refractivity contribution in [2.45, 2.75) is 26.4 Å². The fourth-order valence-electron chi connectivity index (χ4n) is 2.15. The number of hydrogen-bond donors (Lipinski definition) is 1. The van der Waals surface area contributed by atoms with Gasteiger partial charge in [-0.3, -0.25) is 5.32 Å². The number of benzene rings is 1. The van der Waals surface area contributed by atoms with Crippen LogP contribution in [0.15, 0.2) is 12.1 Å². The summed E-state index contributed by atoms with van der Waals surface area (Å²) >= 11 is 0. The van der Waals surface area contributed by atoms with E-state index in [-0.39, 0.29) is 5.69 Å². The molecule has 0 saturated carbocycles. The van der Waals surface area contributed by atoms with E-state index in [4.69, 9.17) is 9.47 Å². The van der Waals surface area contributed by atoms with Gasteiger partial charge in [-0.2, -0.15) is 0 Å². The van der Waals surface area contributed by atoms with Crippen molar-refractivity contribution in [3.05, 3.63) is 17.9 Å². The number of nitrogens with zero attached hydrogens (tertiary/aromatic N) is 1. The van der Waals surface area contributed by atoms with E-state index in [0.717, 1.165) is 18.8 Å². The number of carbonyl (C=O) groups is 1. The largest absolute Gasteiger partial charge is 0.444 e. The molecule has 22 heavy (non-hydrogen) atoms. The maximum atomic E-state index is 14.3. The fraction of sp³-hybridized carbons (Fsp3) is 0.533. The molecule has 1 amide bonds. The van der Waals surface area contributed by atoms with Gasteiger partial charge in [0, 0.05) is 18.8 Å². The highest BCUT2D eigenvalue weighted by Gasteiger charge is 2.20. The minimum Gasteiger partial charge on any atom is -0.444 e. The first-order valence-electron chi connectivity index (χ1n) is 7.18. The molecule has 0 aliphatic carbocycles. The van der Waals surface area contributed by atoms with Gasteiger partial charge in [0.15, 0.2) is 0 Å². The summed E-state index contributed by atoms with van der Waals surface area (Å²) in [5.74, 6) is -0.486. The summed E-state index contributed by atoms with van der Waals surface area (Å²) in [6.45, 7) is 7.98. The molecule has 0 spiro atoms. The molecule has 1 saturated heterocycles. The summed E-state index contributed by atoms with van der Waals surface area (Å²) in [4.78, 5) is 13.8. The third kappa shape index (κ3) is 4.55. The summed E-state index contributed by atoms with van der Waals surface area (Å²) < 4.78 is 24.8. The van der Waals surface area contributed by atoms with E-state index in [1.807, 2.05) is 6.07 Å². The van der Waals surface area contributed by atoms with Gasteiger partial charge in [-0.15, -0.1) is 9.24 Å². The predicted molar refractivity (Wildman–Crippen MR) is 88.6 cm³/mol. The SMILES string of the molecule is CC(C)(C)OC(=O)Nc1c(F)cc(N2CCOCC2)cc1P. The Labute approximate surface area is 132 Å². The first-order chi connectivity index (χ1) is 10.3. The van der Waals surface area contributed by atoms with E-state index >= 15 is 0 Å². The first kappa shape index (κ1) is 17.0. The number of amides is 1. The molecule has 1 aromatic rings. The third-order valence-corrected chi connectivity index (χ3v) is 3.56. The van der Waals surface area contributed by atoms with Crippen molar-refractivity contribution >= 4 is 32.0 Å². The molecule has 1 N–H and O–H groups in total. The Morgan fingerprint density at radius 1 is 1.36 bits per heavy atom. The second-order valence-electron chi connectivity index (χ2n) is 6.12. The molecule has 7 heteroatoms. The molecule has 1 atom stereocenters. The van der Waals surface area contributed by atoms with Crippen LogP contribution in [0.3, 0.4) is 0 Å². The Kier molecular flexibility index (Phi) is 5.24. The number of morpholine rings is 1. The van der Waals surface area contributed by atoms with Gasteiger partial charge in [0.05, 0.1) is 18.9 Å². The zero-order chi connectivity index (χ0) is 16.3. The molecule has 1 aliphatic rings. The summed E-state index contributed by atoms with van der Waals surface area (Å²) in [6, 6.07) is 3.25. The van der Waals surface area contributed by atoms with Crippen molar-refractivity contribution < 1.29 is 18.7 Å². The Hall–Kier alpha value is -1.39. The standard InChI is InChI=1S/C15H22FN2O3P/c1-15(2,3)21-14(19)17-13-11(16)8-10(9-12(13)22)18-4-6-20-7-5-18/h8-9H,4-7,22H2,1-3H3,(H,17,19). The van der Waals surface area contributed by atoms with E-state index in [1.165, 1.54) is 6.07 Å².